The summed E-state index contributed by atoms with van der Waals surface area (Å²) in [6.07, 6.45) is 3.29. The number of hydrogen-bond acceptors (Lipinski definition) is 3. The Labute approximate surface area is 114 Å². The van der Waals surface area contributed by atoms with Crippen molar-refractivity contribution in [1.82, 2.24) is 10.6 Å². The maximum atomic E-state index is 11.3. The lowest BCUT2D eigenvalue weighted by molar-refractivity contribution is -0.144. The highest BCUT2D eigenvalue weighted by atomic mass is 16.4. The third-order valence-electron chi connectivity index (χ3n) is 3.78. The fraction of sp³-hybridized carbons (Fsp3) is 0.533. The van der Waals surface area contributed by atoms with Gasteiger partial charge in [-0.15, -0.1) is 0 Å². The molecule has 0 aromatic heterocycles. The van der Waals surface area contributed by atoms with Gasteiger partial charge in [0.05, 0.1) is 0 Å². The number of nitrogens with one attached hydrogen (secondary N) is 2. The van der Waals surface area contributed by atoms with Gasteiger partial charge >= 0.3 is 5.97 Å². The van der Waals surface area contributed by atoms with Crippen LogP contribution in [0.2, 0.25) is 0 Å². The quantitative estimate of drug-likeness (QED) is 0.655. The van der Waals surface area contributed by atoms with Crippen LogP contribution in [-0.2, 0) is 11.3 Å². The molecule has 1 aliphatic rings. The molecule has 1 aromatic carbocycles. The average Bonchev–Trinajstić information content (AvgIpc) is 2.90. The summed E-state index contributed by atoms with van der Waals surface area (Å²) in [6.45, 7) is 2.52. The van der Waals surface area contributed by atoms with Crippen LogP contribution in [0.15, 0.2) is 30.3 Å². The Balaban J connectivity index is 1.67. The molecule has 2 rings (SSSR count). The van der Waals surface area contributed by atoms with Crippen LogP contribution in [0, 0.1) is 0 Å². The average molecular weight is 262 g/mol. The van der Waals surface area contributed by atoms with Gasteiger partial charge in [-0.25, -0.2) is 0 Å². The zero-order chi connectivity index (χ0) is 13.6. The molecule has 1 fully saturated rings. The minimum atomic E-state index is -0.701. The first-order chi connectivity index (χ1) is 9.23. The summed E-state index contributed by atoms with van der Waals surface area (Å²) in [5.41, 5.74) is 0.587. The molecule has 1 aromatic rings. The molecular formula is C15H22N2O2. The molecule has 1 atom stereocenters. The summed E-state index contributed by atoms with van der Waals surface area (Å²) in [5.74, 6) is -0.701. The van der Waals surface area contributed by atoms with Gasteiger partial charge in [0.25, 0.3) is 0 Å². The van der Waals surface area contributed by atoms with Crippen molar-refractivity contribution in [1.29, 1.82) is 0 Å². The van der Waals surface area contributed by atoms with Crippen molar-refractivity contribution < 1.29 is 9.90 Å². The minimum Gasteiger partial charge on any atom is -0.480 e. The van der Waals surface area contributed by atoms with Crippen LogP contribution in [0.25, 0.3) is 0 Å². The van der Waals surface area contributed by atoms with Crippen LogP contribution >= 0.6 is 0 Å². The minimum absolute atomic E-state index is 0.672. The van der Waals surface area contributed by atoms with Crippen LogP contribution in [0.3, 0.4) is 0 Å². The number of rotatable bonds is 7. The van der Waals surface area contributed by atoms with Crippen molar-refractivity contribution in [3.63, 3.8) is 0 Å². The Morgan fingerprint density at radius 1 is 1.37 bits per heavy atom. The van der Waals surface area contributed by atoms with Gasteiger partial charge in [-0.1, -0.05) is 30.3 Å². The first-order valence-corrected chi connectivity index (χ1v) is 6.96. The first-order valence-electron chi connectivity index (χ1n) is 6.96. The molecule has 0 bridgehead atoms. The second-order valence-corrected chi connectivity index (χ2v) is 5.18. The molecule has 1 heterocycles. The normalized spacial score (nSPS) is 22.5. The van der Waals surface area contributed by atoms with E-state index in [9.17, 15) is 9.90 Å². The number of carboxylic acid groups (broad SMARTS) is 1. The first kappa shape index (κ1) is 14.0. The molecule has 1 saturated heterocycles. The van der Waals surface area contributed by atoms with Crippen LogP contribution in [0.5, 0.6) is 0 Å². The maximum Gasteiger partial charge on any atom is 0.323 e. The number of hydrogen-bond donors (Lipinski definition) is 3. The molecule has 4 nitrogen and oxygen atoms in total. The Morgan fingerprint density at radius 2 is 2.16 bits per heavy atom. The van der Waals surface area contributed by atoms with Crippen LogP contribution in [-0.4, -0.2) is 29.7 Å². The van der Waals surface area contributed by atoms with E-state index in [1.807, 2.05) is 18.2 Å². The van der Waals surface area contributed by atoms with Gasteiger partial charge in [-0.2, -0.15) is 0 Å². The van der Waals surface area contributed by atoms with Crippen molar-refractivity contribution in [2.24, 2.45) is 0 Å². The van der Waals surface area contributed by atoms with Gasteiger partial charge < -0.3 is 15.7 Å². The Hall–Kier alpha value is -1.39. The Kier molecular flexibility index (Phi) is 4.93. The summed E-state index contributed by atoms with van der Waals surface area (Å²) < 4.78 is 0. The highest BCUT2D eigenvalue weighted by Crippen LogP contribution is 2.24. The predicted octanol–water partition coefficient (Wildman–Crippen LogP) is 1.76. The lowest BCUT2D eigenvalue weighted by Crippen LogP contribution is -2.47. The summed E-state index contributed by atoms with van der Waals surface area (Å²) in [4.78, 5) is 11.3. The van der Waals surface area contributed by atoms with E-state index >= 15 is 0 Å². The fourth-order valence-corrected chi connectivity index (χ4v) is 2.65. The number of benzene rings is 1. The number of carboxylic acids is 1. The maximum absolute atomic E-state index is 11.3. The van der Waals surface area contributed by atoms with Crippen molar-refractivity contribution in [2.75, 3.05) is 13.1 Å². The lowest BCUT2D eigenvalue weighted by atomic mass is 9.92. The van der Waals surface area contributed by atoms with E-state index in [0.717, 1.165) is 38.9 Å². The molecule has 1 unspecified atom stereocenters. The van der Waals surface area contributed by atoms with E-state index < -0.39 is 11.5 Å². The largest absolute Gasteiger partial charge is 0.480 e. The van der Waals surface area contributed by atoms with Gasteiger partial charge in [-0.05, 0) is 44.3 Å². The van der Waals surface area contributed by atoms with Gasteiger partial charge in [0.2, 0.25) is 0 Å². The monoisotopic (exact) mass is 262 g/mol. The van der Waals surface area contributed by atoms with Crippen molar-refractivity contribution in [3.05, 3.63) is 35.9 Å². The molecule has 0 amide bonds. The Bertz CT molecular complexity index is 400. The van der Waals surface area contributed by atoms with E-state index in [1.165, 1.54) is 5.56 Å². The molecule has 3 N–H and O–H groups in total. The topological polar surface area (TPSA) is 61.4 Å². The highest BCUT2D eigenvalue weighted by molar-refractivity contribution is 5.79. The van der Waals surface area contributed by atoms with E-state index in [1.54, 1.807) is 0 Å². The van der Waals surface area contributed by atoms with Crippen molar-refractivity contribution in [3.8, 4) is 0 Å². The van der Waals surface area contributed by atoms with Gasteiger partial charge in [0.15, 0.2) is 0 Å². The van der Waals surface area contributed by atoms with E-state index in [2.05, 4.69) is 22.8 Å². The molecule has 4 heteroatoms. The molecule has 0 spiro atoms. The molecule has 0 radical (unpaired) electrons. The second kappa shape index (κ2) is 6.68. The summed E-state index contributed by atoms with van der Waals surface area (Å²) in [5, 5.41) is 15.8. The summed E-state index contributed by atoms with van der Waals surface area (Å²) in [6, 6.07) is 10.2. The fourth-order valence-electron chi connectivity index (χ4n) is 2.65. The highest BCUT2D eigenvalue weighted by Gasteiger charge is 2.40. The van der Waals surface area contributed by atoms with Gasteiger partial charge in [0, 0.05) is 6.54 Å². The third kappa shape index (κ3) is 3.78. The molecule has 0 saturated carbocycles. The van der Waals surface area contributed by atoms with Gasteiger partial charge in [-0.3, -0.25) is 4.79 Å². The predicted molar refractivity (Wildman–Crippen MR) is 75.0 cm³/mol. The third-order valence-corrected chi connectivity index (χ3v) is 3.78. The summed E-state index contributed by atoms with van der Waals surface area (Å²) in [7, 11) is 0. The number of aliphatic carboxylic acids is 1. The van der Waals surface area contributed by atoms with Crippen molar-refractivity contribution >= 4 is 5.97 Å². The van der Waals surface area contributed by atoms with E-state index in [0.29, 0.717) is 6.42 Å². The molecule has 19 heavy (non-hydrogen) atoms. The lowest BCUT2D eigenvalue weighted by Gasteiger charge is -2.24. The van der Waals surface area contributed by atoms with Crippen LogP contribution < -0.4 is 10.6 Å². The Morgan fingerprint density at radius 3 is 2.79 bits per heavy atom. The molecular weight excluding hydrogens is 240 g/mol. The second-order valence-electron chi connectivity index (χ2n) is 5.18. The van der Waals surface area contributed by atoms with Crippen LogP contribution in [0.1, 0.15) is 31.2 Å². The number of carbonyl (C=O) groups is 1. The van der Waals surface area contributed by atoms with Gasteiger partial charge in [0.1, 0.15) is 5.54 Å². The SMILES string of the molecule is O=C(O)C1(CCCNCc2ccccc2)CCCN1. The molecule has 0 aliphatic carbocycles. The zero-order valence-corrected chi connectivity index (χ0v) is 11.2. The summed E-state index contributed by atoms with van der Waals surface area (Å²) >= 11 is 0. The van der Waals surface area contributed by atoms with E-state index in [-0.39, 0.29) is 0 Å². The van der Waals surface area contributed by atoms with E-state index in [4.69, 9.17) is 0 Å². The standard InChI is InChI=1S/C15H22N2O2/c18-14(19)15(9-5-11-17-15)8-4-10-16-12-13-6-2-1-3-7-13/h1-3,6-7,16-17H,4-5,8-12H2,(H,18,19). The van der Waals surface area contributed by atoms with Crippen LogP contribution in [0.4, 0.5) is 0 Å². The molecule has 104 valence electrons. The zero-order valence-electron chi connectivity index (χ0n) is 11.2. The molecule has 1 aliphatic heterocycles. The van der Waals surface area contributed by atoms with Crippen molar-refractivity contribution in [2.45, 2.75) is 37.8 Å². The smallest absolute Gasteiger partial charge is 0.323 e.